The maximum atomic E-state index is 12.6. The monoisotopic (exact) mass is 352 g/mol. The molecular formula is C22H28N2O2. The molecule has 0 saturated heterocycles. The molecule has 0 spiro atoms. The predicted octanol–water partition coefficient (Wildman–Crippen LogP) is 4.42. The number of rotatable bonds is 6. The van der Waals surface area contributed by atoms with Crippen molar-refractivity contribution in [3.63, 3.8) is 0 Å². The number of hydrogen-bond donors (Lipinski definition) is 1. The summed E-state index contributed by atoms with van der Waals surface area (Å²) in [6.07, 6.45) is 1.62. The minimum absolute atomic E-state index is 0.00661. The fourth-order valence-corrected chi connectivity index (χ4v) is 3.20. The number of benzene rings is 2. The summed E-state index contributed by atoms with van der Waals surface area (Å²) in [5.74, 6) is -0.323. The Morgan fingerprint density at radius 1 is 1.00 bits per heavy atom. The van der Waals surface area contributed by atoms with Crippen LogP contribution in [0.3, 0.4) is 0 Å². The van der Waals surface area contributed by atoms with E-state index in [1.54, 1.807) is 4.90 Å². The fraction of sp³-hybridized carbons (Fsp3) is 0.364. The number of nitrogens with zero attached hydrogens (tertiary/aromatic N) is 1. The Morgan fingerprint density at radius 2 is 1.62 bits per heavy atom. The molecule has 4 heteroatoms. The minimum atomic E-state index is -0.194. The molecule has 138 valence electrons. The van der Waals surface area contributed by atoms with Crippen LogP contribution < -0.4 is 10.2 Å². The van der Waals surface area contributed by atoms with Crippen molar-refractivity contribution < 1.29 is 9.59 Å². The highest BCUT2D eigenvalue weighted by atomic mass is 16.2. The Labute approximate surface area is 156 Å². The molecule has 26 heavy (non-hydrogen) atoms. The number of para-hydroxylation sites is 1. The van der Waals surface area contributed by atoms with Crippen molar-refractivity contribution in [1.29, 1.82) is 0 Å². The average molecular weight is 352 g/mol. The SMILES string of the molecule is CCc1cccc(CC)c1N(CC(=O)Nc1ccc(C)cc1C)C(C)=O. The van der Waals surface area contributed by atoms with E-state index in [1.165, 1.54) is 6.92 Å². The first-order valence-electron chi connectivity index (χ1n) is 9.13. The van der Waals surface area contributed by atoms with Crippen LogP contribution in [0.4, 0.5) is 11.4 Å². The summed E-state index contributed by atoms with van der Waals surface area (Å²) in [4.78, 5) is 26.6. The summed E-state index contributed by atoms with van der Waals surface area (Å²) < 4.78 is 0. The molecule has 4 nitrogen and oxygen atoms in total. The summed E-state index contributed by atoms with van der Waals surface area (Å²) in [6.45, 7) is 9.62. The van der Waals surface area contributed by atoms with Crippen molar-refractivity contribution in [3.8, 4) is 0 Å². The van der Waals surface area contributed by atoms with Crippen molar-refractivity contribution >= 4 is 23.2 Å². The van der Waals surface area contributed by atoms with Crippen molar-refractivity contribution in [2.75, 3.05) is 16.8 Å². The van der Waals surface area contributed by atoms with E-state index in [-0.39, 0.29) is 18.4 Å². The van der Waals surface area contributed by atoms with Gasteiger partial charge in [-0.2, -0.15) is 0 Å². The third-order valence-electron chi connectivity index (χ3n) is 4.57. The third-order valence-corrected chi connectivity index (χ3v) is 4.57. The lowest BCUT2D eigenvalue weighted by Crippen LogP contribution is -2.38. The van der Waals surface area contributed by atoms with Crippen molar-refractivity contribution in [2.45, 2.75) is 47.5 Å². The van der Waals surface area contributed by atoms with Crippen LogP contribution in [0.25, 0.3) is 0 Å². The highest BCUT2D eigenvalue weighted by Crippen LogP contribution is 2.27. The van der Waals surface area contributed by atoms with E-state index < -0.39 is 0 Å². The van der Waals surface area contributed by atoms with Crippen molar-refractivity contribution in [2.24, 2.45) is 0 Å². The normalized spacial score (nSPS) is 10.5. The summed E-state index contributed by atoms with van der Waals surface area (Å²) in [5, 5.41) is 2.93. The van der Waals surface area contributed by atoms with Crippen LogP contribution in [-0.2, 0) is 22.4 Å². The van der Waals surface area contributed by atoms with Crippen LogP contribution in [0.5, 0.6) is 0 Å². The molecule has 0 atom stereocenters. The number of carbonyl (C=O) groups is 2. The van der Waals surface area contributed by atoms with Gasteiger partial charge >= 0.3 is 0 Å². The zero-order valence-corrected chi connectivity index (χ0v) is 16.3. The second kappa shape index (κ2) is 8.65. The van der Waals surface area contributed by atoms with Crippen molar-refractivity contribution in [3.05, 3.63) is 58.7 Å². The lowest BCUT2D eigenvalue weighted by molar-refractivity contribution is -0.120. The standard InChI is InChI=1S/C22H28N2O2/c1-6-18-9-8-10-19(7-2)22(18)24(17(5)25)14-21(26)23-20-12-11-15(3)13-16(20)4/h8-13H,6-7,14H2,1-5H3,(H,23,26). The number of aryl methyl sites for hydroxylation is 4. The van der Waals surface area contributed by atoms with E-state index in [9.17, 15) is 9.59 Å². The Morgan fingerprint density at radius 3 is 2.12 bits per heavy atom. The molecule has 0 aliphatic rings. The molecule has 1 N–H and O–H groups in total. The highest BCUT2D eigenvalue weighted by molar-refractivity contribution is 6.03. The van der Waals surface area contributed by atoms with Gasteiger partial charge in [0.1, 0.15) is 6.54 Å². The predicted molar refractivity (Wildman–Crippen MR) is 108 cm³/mol. The lowest BCUT2D eigenvalue weighted by Gasteiger charge is -2.26. The fourth-order valence-electron chi connectivity index (χ4n) is 3.20. The van der Waals surface area contributed by atoms with Gasteiger partial charge in [-0.15, -0.1) is 0 Å². The van der Waals surface area contributed by atoms with Crippen LogP contribution in [0, 0.1) is 13.8 Å². The molecule has 0 unspecified atom stereocenters. The first kappa shape index (κ1) is 19.7. The van der Waals surface area contributed by atoms with Gasteiger partial charge in [-0.05, 0) is 49.4 Å². The van der Waals surface area contributed by atoms with Crippen LogP contribution in [-0.4, -0.2) is 18.4 Å². The molecule has 0 aliphatic carbocycles. The van der Waals surface area contributed by atoms with Gasteiger partial charge < -0.3 is 10.2 Å². The van der Waals surface area contributed by atoms with Crippen LogP contribution >= 0.6 is 0 Å². The van der Waals surface area contributed by atoms with E-state index in [0.717, 1.165) is 46.5 Å². The molecule has 0 bridgehead atoms. The second-order valence-corrected chi connectivity index (χ2v) is 6.60. The third kappa shape index (κ3) is 4.51. The Hall–Kier alpha value is -2.62. The number of carbonyl (C=O) groups excluding carboxylic acids is 2. The molecule has 2 aromatic rings. The van der Waals surface area contributed by atoms with Gasteiger partial charge in [-0.1, -0.05) is 49.7 Å². The summed E-state index contributed by atoms with van der Waals surface area (Å²) in [6, 6.07) is 11.9. The van der Waals surface area contributed by atoms with Crippen molar-refractivity contribution in [1.82, 2.24) is 0 Å². The van der Waals surface area contributed by atoms with Gasteiger partial charge in [0.05, 0.1) is 5.69 Å². The van der Waals surface area contributed by atoms with E-state index in [1.807, 2.05) is 50.2 Å². The highest BCUT2D eigenvalue weighted by Gasteiger charge is 2.21. The molecule has 0 fully saturated rings. The maximum Gasteiger partial charge on any atom is 0.244 e. The summed E-state index contributed by atoms with van der Waals surface area (Å²) in [5.41, 5.74) is 5.98. The smallest absolute Gasteiger partial charge is 0.244 e. The van der Waals surface area contributed by atoms with Gasteiger partial charge in [0.15, 0.2) is 0 Å². The van der Waals surface area contributed by atoms with Gasteiger partial charge in [0, 0.05) is 12.6 Å². The average Bonchev–Trinajstić information content (AvgIpc) is 2.61. The molecule has 0 aromatic heterocycles. The Balaban J connectivity index is 2.29. The molecule has 0 heterocycles. The summed E-state index contributed by atoms with van der Waals surface area (Å²) >= 11 is 0. The van der Waals surface area contributed by atoms with Crippen LogP contribution in [0.1, 0.15) is 43.0 Å². The minimum Gasteiger partial charge on any atom is -0.324 e. The molecule has 2 rings (SSSR count). The first-order valence-corrected chi connectivity index (χ1v) is 9.13. The first-order chi connectivity index (χ1) is 12.4. The molecule has 0 saturated carbocycles. The number of hydrogen-bond acceptors (Lipinski definition) is 2. The topological polar surface area (TPSA) is 49.4 Å². The zero-order valence-electron chi connectivity index (χ0n) is 16.3. The van der Waals surface area contributed by atoms with E-state index in [0.29, 0.717) is 0 Å². The second-order valence-electron chi connectivity index (χ2n) is 6.60. The Bertz CT molecular complexity index is 790. The molecule has 2 amide bonds. The van der Waals surface area contributed by atoms with Gasteiger partial charge in [0.25, 0.3) is 0 Å². The number of amides is 2. The quantitative estimate of drug-likeness (QED) is 0.836. The Kier molecular flexibility index (Phi) is 6.56. The molecule has 0 radical (unpaired) electrons. The molecule has 2 aromatic carbocycles. The maximum absolute atomic E-state index is 12.6. The lowest BCUT2D eigenvalue weighted by atomic mass is 10.0. The van der Waals surface area contributed by atoms with Gasteiger partial charge in [-0.3, -0.25) is 9.59 Å². The number of nitrogens with one attached hydrogen (secondary N) is 1. The molecular weight excluding hydrogens is 324 g/mol. The largest absolute Gasteiger partial charge is 0.324 e. The van der Waals surface area contributed by atoms with E-state index in [4.69, 9.17) is 0 Å². The van der Waals surface area contributed by atoms with Gasteiger partial charge in [-0.25, -0.2) is 0 Å². The van der Waals surface area contributed by atoms with Crippen LogP contribution in [0.2, 0.25) is 0 Å². The van der Waals surface area contributed by atoms with Gasteiger partial charge in [0.2, 0.25) is 11.8 Å². The van der Waals surface area contributed by atoms with Crippen LogP contribution in [0.15, 0.2) is 36.4 Å². The number of anilines is 2. The molecule has 0 aliphatic heterocycles. The zero-order chi connectivity index (χ0) is 19.3. The summed E-state index contributed by atoms with van der Waals surface area (Å²) in [7, 11) is 0. The van der Waals surface area contributed by atoms with E-state index >= 15 is 0 Å². The van der Waals surface area contributed by atoms with E-state index in [2.05, 4.69) is 19.2 Å².